The van der Waals surface area contributed by atoms with Crippen LogP contribution >= 0.6 is 0 Å². The Hall–Kier alpha value is -2.44. The molecule has 1 aliphatic carbocycles. The predicted octanol–water partition coefficient (Wildman–Crippen LogP) is 3.14. The molecule has 1 amide bonds. The summed E-state index contributed by atoms with van der Waals surface area (Å²) >= 11 is 0. The van der Waals surface area contributed by atoms with Gasteiger partial charge in [-0.15, -0.1) is 0 Å². The van der Waals surface area contributed by atoms with Crippen LogP contribution in [-0.4, -0.2) is 40.7 Å². The highest BCUT2D eigenvalue weighted by Crippen LogP contribution is 2.37. The Balaban J connectivity index is 1.53. The highest BCUT2D eigenvalue weighted by molar-refractivity contribution is 5.80. The van der Waals surface area contributed by atoms with E-state index < -0.39 is 0 Å². The lowest BCUT2D eigenvalue weighted by molar-refractivity contribution is -0.125. The van der Waals surface area contributed by atoms with Crippen LogP contribution in [0, 0.1) is 5.92 Å². The maximum Gasteiger partial charge on any atom is 0.230 e. The summed E-state index contributed by atoms with van der Waals surface area (Å²) in [5.74, 6) is 2.72. The van der Waals surface area contributed by atoms with Gasteiger partial charge in [0.05, 0.1) is 11.5 Å². The van der Waals surface area contributed by atoms with Crippen molar-refractivity contribution in [1.82, 2.24) is 20.4 Å². The van der Waals surface area contributed by atoms with Crippen molar-refractivity contribution in [3.8, 4) is 11.4 Å². The molecule has 1 saturated heterocycles. The van der Waals surface area contributed by atoms with Gasteiger partial charge in [0.2, 0.25) is 17.6 Å². The summed E-state index contributed by atoms with van der Waals surface area (Å²) in [5.41, 5.74) is 0.876. The zero-order valence-corrected chi connectivity index (χ0v) is 15.9. The van der Waals surface area contributed by atoms with Gasteiger partial charge in [0.25, 0.3) is 0 Å². The van der Waals surface area contributed by atoms with Gasteiger partial charge in [0.15, 0.2) is 0 Å². The van der Waals surface area contributed by atoms with E-state index in [4.69, 9.17) is 4.52 Å². The molecule has 1 atom stereocenters. The molecule has 1 saturated carbocycles. The lowest BCUT2D eigenvalue weighted by atomic mass is 9.85. The van der Waals surface area contributed by atoms with Crippen LogP contribution in [-0.2, 0) is 4.79 Å². The number of hydrogen-bond donors (Lipinski definition) is 1. The number of rotatable bonds is 6. The molecule has 0 aromatic carbocycles. The first-order valence-corrected chi connectivity index (χ1v) is 10.1. The van der Waals surface area contributed by atoms with Crippen molar-refractivity contribution in [3.05, 3.63) is 24.2 Å². The fourth-order valence-corrected chi connectivity index (χ4v) is 3.77. The Morgan fingerprint density at radius 2 is 2.22 bits per heavy atom. The molecule has 144 valence electrons. The first kappa shape index (κ1) is 17.9. The smallest absolute Gasteiger partial charge is 0.230 e. The Labute approximate surface area is 159 Å². The van der Waals surface area contributed by atoms with Crippen LogP contribution in [0.15, 0.2) is 22.9 Å². The number of pyridine rings is 1. The third kappa shape index (κ3) is 3.82. The first-order chi connectivity index (χ1) is 13.3. The van der Waals surface area contributed by atoms with Gasteiger partial charge < -0.3 is 14.7 Å². The van der Waals surface area contributed by atoms with E-state index in [0.29, 0.717) is 18.3 Å². The minimum atomic E-state index is -0.00374. The van der Waals surface area contributed by atoms with E-state index in [2.05, 4.69) is 32.3 Å². The zero-order valence-electron chi connectivity index (χ0n) is 15.9. The molecule has 7 heteroatoms. The fraction of sp³-hybridized carbons (Fsp3) is 0.600. The molecule has 4 rings (SSSR count). The van der Waals surface area contributed by atoms with Gasteiger partial charge in [-0.3, -0.25) is 4.79 Å². The third-order valence-corrected chi connectivity index (χ3v) is 5.56. The van der Waals surface area contributed by atoms with Crippen LogP contribution < -0.4 is 10.2 Å². The van der Waals surface area contributed by atoms with Crippen molar-refractivity contribution in [2.24, 2.45) is 5.92 Å². The first-order valence-electron chi connectivity index (χ1n) is 10.1. The Kier molecular flexibility index (Phi) is 5.36. The molecule has 27 heavy (non-hydrogen) atoms. The highest BCUT2D eigenvalue weighted by atomic mass is 16.5. The Bertz CT molecular complexity index is 786. The average molecular weight is 369 g/mol. The summed E-state index contributed by atoms with van der Waals surface area (Å²) in [5, 5.41) is 7.23. The Morgan fingerprint density at radius 1 is 1.33 bits per heavy atom. The summed E-state index contributed by atoms with van der Waals surface area (Å²) in [6.45, 7) is 4.36. The van der Waals surface area contributed by atoms with Gasteiger partial charge in [-0.1, -0.05) is 18.5 Å². The van der Waals surface area contributed by atoms with Crippen molar-refractivity contribution < 1.29 is 9.32 Å². The second-order valence-corrected chi connectivity index (χ2v) is 7.53. The van der Waals surface area contributed by atoms with Crippen LogP contribution in [0.3, 0.4) is 0 Å². The lowest BCUT2D eigenvalue weighted by Crippen LogP contribution is -2.43. The molecule has 0 bridgehead atoms. The van der Waals surface area contributed by atoms with Crippen LogP contribution in [0.25, 0.3) is 11.4 Å². The molecule has 1 aliphatic heterocycles. The molecule has 1 N–H and O–H groups in total. The van der Waals surface area contributed by atoms with Crippen molar-refractivity contribution in [3.63, 3.8) is 0 Å². The van der Waals surface area contributed by atoms with Crippen molar-refractivity contribution >= 4 is 11.7 Å². The molecule has 2 aromatic rings. The second kappa shape index (κ2) is 8.06. The Morgan fingerprint density at radius 3 is 3.00 bits per heavy atom. The second-order valence-electron chi connectivity index (χ2n) is 7.53. The van der Waals surface area contributed by atoms with Crippen LogP contribution in [0.2, 0.25) is 0 Å². The van der Waals surface area contributed by atoms with Gasteiger partial charge in [0.1, 0.15) is 5.82 Å². The van der Waals surface area contributed by atoms with E-state index >= 15 is 0 Å². The fourth-order valence-electron chi connectivity index (χ4n) is 3.77. The van der Waals surface area contributed by atoms with Gasteiger partial charge in [-0.2, -0.15) is 4.98 Å². The largest absolute Gasteiger partial charge is 0.356 e. The molecule has 0 radical (unpaired) electrons. The molecule has 2 fully saturated rings. The number of carbonyl (C=O) groups is 1. The predicted molar refractivity (Wildman–Crippen MR) is 102 cm³/mol. The minimum absolute atomic E-state index is 0.00374. The number of aromatic nitrogens is 3. The molecule has 3 heterocycles. The van der Waals surface area contributed by atoms with Gasteiger partial charge in [-0.05, 0) is 44.2 Å². The number of anilines is 1. The maximum atomic E-state index is 12.4. The number of hydrogen-bond acceptors (Lipinski definition) is 6. The standard InChI is InChI=1S/C20H27N5O2/c1-2-10-22-19(26)15-8-5-12-25(13-15)18-16(9-4-11-21-18)17-23-20(27-24-17)14-6-3-7-14/h4,9,11,14-15H,2-3,5-8,10,12-13H2,1H3,(H,22,26). The van der Waals surface area contributed by atoms with Crippen molar-refractivity contribution in [1.29, 1.82) is 0 Å². The van der Waals surface area contributed by atoms with Gasteiger partial charge in [0, 0.05) is 31.7 Å². The van der Waals surface area contributed by atoms with Crippen LogP contribution in [0.5, 0.6) is 0 Å². The molecule has 2 aromatic heterocycles. The molecular formula is C20H27N5O2. The zero-order chi connectivity index (χ0) is 18.6. The van der Waals surface area contributed by atoms with Gasteiger partial charge in [-0.25, -0.2) is 4.98 Å². The minimum Gasteiger partial charge on any atom is -0.356 e. The van der Waals surface area contributed by atoms with Crippen molar-refractivity contribution in [2.45, 2.75) is 51.4 Å². The van der Waals surface area contributed by atoms with Crippen LogP contribution in [0.4, 0.5) is 5.82 Å². The number of amides is 1. The topological polar surface area (TPSA) is 84.2 Å². The molecule has 7 nitrogen and oxygen atoms in total. The average Bonchev–Trinajstić information content (AvgIpc) is 3.14. The number of nitrogens with zero attached hydrogens (tertiary/aromatic N) is 4. The van der Waals surface area contributed by atoms with Crippen LogP contribution in [0.1, 0.15) is 57.3 Å². The normalized spacial score (nSPS) is 20.3. The maximum absolute atomic E-state index is 12.4. The molecular weight excluding hydrogens is 342 g/mol. The molecule has 0 spiro atoms. The SMILES string of the molecule is CCCNC(=O)C1CCCN(c2ncccc2-c2noc(C3CCC3)n2)C1. The summed E-state index contributed by atoms with van der Waals surface area (Å²) in [6, 6.07) is 3.88. The summed E-state index contributed by atoms with van der Waals surface area (Å²) in [7, 11) is 0. The lowest BCUT2D eigenvalue weighted by Gasteiger charge is -2.33. The molecule has 2 aliphatic rings. The number of piperidine rings is 1. The quantitative estimate of drug-likeness (QED) is 0.842. The highest BCUT2D eigenvalue weighted by Gasteiger charge is 2.29. The van der Waals surface area contributed by atoms with E-state index in [1.54, 1.807) is 6.20 Å². The monoisotopic (exact) mass is 369 g/mol. The summed E-state index contributed by atoms with van der Waals surface area (Å²) in [6.07, 6.45) is 8.11. The van der Waals surface area contributed by atoms with Crippen molar-refractivity contribution in [2.75, 3.05) is 24.5 Å². The summed E-state index contributed by atoms with van der Waals surface area (Å²) < 4.78 is 5.50. The third-order valence-electron chi connectivity index (χ3n) is 5.56. The van der Waals surface area contributed by atoms with E-state index in [1.165, 1.54) is 6.42 Å². The van der Waals surface area contributed by atoms with E-state index in [1.807, 2.05) is 12.1 Å². The van der Waals surface area contributed by atoms with E-state index in [-0.39, 0.29) is 11.8 Å². The van der Waals surface area contributed by atoms with E-state index in [9.17, 15) is 4.79 Å². The summed E-state index contributed by atoms with van der Waals surface area (Å²) in [4.78, 5) is 23.8. The number of nitrogens with one attached hydrogen (secondary N) is 1. The van der Waals surface area contributed by atoms with Gasteiger partial charge >= 0.3 is 0 Å². The van der Waals surface area contributed by atoms with E-state index in [0.717, 1.165) is 62.5 Å². The molecule has 1 unspecified atom stereocenters. The number of carbonyl (C=O) groups excluding carboxylic acids is 1.